The van der Waals surface area contributed by atoms with Gasteiger partial charge in [-0.15, -0.1) is 0 Å². The predicted octanol–water partition coefficient (Wildman–Crippen LogP) is -0.320. The smallest absolute Gasteiger partial charge is 0.323 e. The number of hydrogen-bond acceptors (Lipinski definition) is 4. The van der Waals surface area contributed by atoms with E-state index in [1.165, 1.54) is 0 Å². The number of nitrogens with zero attached hydrogens (tertiary/aromatic N) is 1. The van der Waals surface area contributed by atoms with Gasteiger partial charge in [-0.05, 0) is 12.8 Å². The molecule has 0 saturated carbocycles. The van der Waals surface area contributed by atoms with Crippen LogP contribution in [0, 0.1) is 0 Å². The quantitative estimate of drug-likeness (QED) is 0.717. The summed E-state index contributed by atoms with van der Waals surface area (Å²) in [5.74, 6) is -1.29. The van der Waals surface area contributed by atoms with Gasteiger partial charge in [0.1, 0.15) is 6.54 Å². The number of carbonyl (C=O) groups is 2. The molecule has 0 aromatic carbocycles. The molecule has 7 nitrogen and oxygen atoms in total. The number of amides is 2. The van der Waals surface area contributed by atoms with Crippen molar-refractivity contribution >= 4 is 21.8 Å². The van der Waals surface area contributed by atoms with Gasteiger partial charge in [0.15, 0.2) is 9.84 Å². The number of aliphatic carboxylic acids is 1. The Hall–Kier alpha value is -1.31. The maximum atomic E-state index is 11.8. The highest BCUT2D eigenvalue weighted by Crippen LogP contribution is 2.17. The van der Waals surface area contributed by atoms with Crippen LogP contribution in [0.2, 0.25) is 0 Å². The second-order valence-corrected chi connectivity index (χ2v) is 6.54. The number of sulfone groups is 1. The van der Waals surface area contributed by atoms with Crippen molar-refractivity contribution in [3.63, 3.8) is 0 Å². The van der Waals surface area contributed by atoms with E-state index in [1.807, 2.05) is 6.92 Å². The first kappa shape index (κ1) is 14.7. The molecule has 2 N–H and O–H groups in total. The van der Waals surface area contributed by atoms with E-state index in [-0.39, 0.29) is 11.5 Å². The Morgan fingerprint density at radius 2 is 2.11 bits per heavy atom. The van der Waals surface area contributed by atoms with Crippen LogP contribution < -0.4 is 5.32 Å². The van der Waals surface area contributed by atoms with Gasteiger partial charge in [-0.1, -0.05) is 6.92 Å². The van der Waals surface area contributed by atoms with Crippen LogP contribution in [0.1, 0.15) is 19.8 Å². The second kappa shape index (κ2) is 6.03. The molecule has 1 aliphatic rings. The molecule has 2 amide bonds. The van der Waals surface area contributed by atoms with Crippen LogP contribution in [0.4, 0.5) is 4.79 Å². The topological polar surface area (TPSA) is 104 Å². The molecule has 1 fully saturated rings. The van der Waals surface area contributed by atoms with Crippen molar-refractivity contribution in [2.75, 3.05) is 24.6 Å². The van der Waals surface area contributed by atoms with Crippen molar-refractivity contribution in [1.29, 1.82) is 0 Å². The van der Waals surface area contributed by atoms with Crippen LogP contribution >= 0.6 is 0 Å². The Kier molecular flexibility index (Phi) is 4.94. The van der Waals surface area contributed by atoms with Gasteiger partial charge in [-0.25, -0.2) is 13.2 Å². The number of rotatable bonds is 5. The van der Waals surface area contributed by atoms with Crippen molar-refractivity contribution in [1.82, 2.24) is 10.2 Å². The van der Waals surface area contributed by atoms with E-state index < -0.39 is 34.4 Å². The molecular formula is C10H18N2O5S. The number of carboxylic acid groups (broad SMARTS) is 1. The maximum absolute atomic E-state index is 11.8. The number of carbonyl (C=O) groups excluding carboxylic acids is 1. The third kappa shape index (κ3) is 4.17. The molecule has 0 aromatic heterocycles. The third-order valence-electron chi connectivity index (χ3n) is 2.74. The fourth-order valence-electron chi connectivity index (χ4n) is 1.87. The molecule has 0 radical (unpaired) electrons. The van der Waals surface area contributed by atoms with Gasteiger partial charge in [0.25, 0.3) is 0 Å². The summed E-state index contributed by atoms with van der Waals surface area (Å²) < 4.78 is 22.7. The monoisotopic (exact) mass is 278 g/mol. The van der Waals surface area contributed by atoms with Crippen LogP contribution in [-0.2, 0) is 14.6 Å². The summed E-state index contributed by atoms with van der Waals surface area (Å²) in [6, 6.07) is -1.05. The highest BCUT2D eigenvalue weighted by Gasteiger charge is 2.35. The average molecular weight is 278 g/mol. The minimum atomic E-state index is -3.14. The average Bonchev–Trinajstić information content (AvgIpc) is 2.63. The van der Waals surface area contributed by atoms with Gasteiger partial charge in [0.2, 0.25) is 0 Å². The molecule has 0 aliphatic carbocycles. The molecule has 1 unspecified atom stereocenters. The van der Waals surface area contributed by atoms with E-state index >= 15 is 0 Å². The second-order valence-electron chi connectivity index (χ2n) is 4.31. The van der Waals surface area contributed by atoms with Crippen molar-refractivity contribution < 1.29 is 23.1 Å². The predicted molar refractivity (Wildman–Crippen MR) is 65.1 cm³/mol. The molecule has 1 aliphatic heterocycles. The molecule has 1 atom stereocenters. The summed E-state index contributed by atoms with van der Waals surface area (Å²) in [4.78, 5) is 23.6. The molecule has 8 heteroatoms. The van der Waals surface area contributed by atoms with Gasteiger partial charge < -0.3 is 15.3 Å². The number of nitrogens with one attached hydrogen (secondary N) is 1. The standard InChI is InChI=1S/C10H18N2O5S/c1-2-4-11-10(15)12(6-9(13)14)8-3-5-18(16,17)7-8/h8H,2-7H2,1H3,(H,11,15)(H,13,14). The minimum absolute atomic E-state index is 0.00877. The summed E-state index contributed by atoms with van der Waals surface area (Å²) in [5.41, 5.74) is 0. The van der Waals surface area contributed by atoms with Crippen LogP contribution in [0.3, 0.4) is 0 Å². The molecule has 104 valence electrons. The fraction of sp³-hybridized carbons (Fsp3) is 0.800. The van der Waals surface area contributed by atoms with Crippen LogP contribution in [-0.4, -0.2) is 61.1 Å². The van der Waals surface area contributed by atoms with E-state index in [9.17, 15) is 18.0 Å². The number of hydrogen-bond donors (Lipinski definition) is 2. The maximum Gasteiger partial charge on any atom is 0.323 e. The number of urea groups is 1. The molecule has 1 rings (SSSR count). The molecule has 0 bridgehead atoms. The fourth-order valence-corrected chi connectivity index (χ4v) is 3.60. The lowest BCUT2D eigenvalue weighted by molar-refractivity contribution is -0.138. The summed E-state index contributed by atoms with van der Waals surface area (Å²) in [5, 5.41) is 11.3. The van der Waals surface area contributed by atoms with Gasteiger partial charge in [-0.3, -0.25) is 4.79 Å². The van der Waals surface area contributed by atoms with E-state index in [0.29, 0.717) is 13.0 Å². The lowest BCUT2D eigenvalue weighted by atomic mass is 10.2. The third-order valence-corrected chi connectivity index (χ3v) is 4.49. The summed E-state index contributed by atoms with van der Waals surface area (Å²) in [6.07, 6.45) is 1.03. The molecule has 18 heavy (non-hydrogen) atoms. The SMILES string of the molecule is CCCNC(=O)N(CC(=O)O)C1CCS(=O)(=O)C1. The van der Waals surface area contributed by atoms with Gasteiger partial charge >= 0.3 is 12.0 Å². The first-order valence-corrected chi connectivity index (χ1v) is 7.64. The zero-order chi connectivity index (χ0) is 13.8. The van der Waals surface area contributed by atoms with Crippen LogP contribution in [0.25, 0.3) is 0 Å². The lowest BCUT2D eigenvalue weighted by Gasteiger charge is -2.26. The molecule has 1 heterocycles. The van der Waals surface area contributed by atoms with Gasteiger partial charge in [0.05, 0.1) is 11.5 Å². The zero-order valence-corrected chi connectivity index (χ0v) is 11.1. The lowest BCUT2D eigenvalue weighted by Crippen LogP contribution is -2.49. The van der Waals surface area contributed by atoms with Crippen LogP contribution in [0.15, 0.2) is 0 Å². The van der Waals surface area contributed by atoms with E-state index in [0.717, 1.165) is 11.3 Å². The summed E-state index contributed by atoms with van der Waals surface area (Å²) in [6.45, 7) is 1.84. The largest absolute Gasteiger partial charge is 0.480 e. The first-order chi connectivity index (χ1) is 8.35. The van der Waals surface area contributed by atoms with E-state index in [2.05, 4.69) is 5.32 Å². The Morgan fingerprint density at radius 1 is 1.44 bits per heavy atom. The van der Waals surface area contributed by atoms with E-state index in [1.54, 1.807) is 0 Å². The molecular weight excluding hydrogens is 260 g/mol. The first-order valence-electron chi connectivity index (χ1n) is 5.82. The Morgan fingerprint density at radius 3 is 2.56 bits per heavy atom. The molecule has 1 saturated heterocycles. The highest BCUT2D eigenvalue weighted by molar-refractivity contribution is 7.91. The van der Waals surface area contributed by atoms with Crippen molar-refractivity contribution in [3.05, 3.63) is 0 Å². The van der Waals surface area contributed by atoms with Crippen molar-refractivity contribution in [2.24, 2.45) is 0 Å². The zero-order valence-electron chi connectivity index (χ0n) is 10.3. The highest BCUT2D eigenvalue weighted by atomic mass is 32.2. The number of carboxylic acids is 1. The molecule has 0 spiro atoms. The van der Waals surface area contributed by atoms with Gasteiger partial charge in [0, 0.05) is 12.6 Å². The summed E-state index contributed by atoms with van der Waals surface area (Å²) >= 11 is 0. The van der Waals surface area contributed by atoms with Crippen molar-refractivity contribution in [3.8, 4) is 0 Å². The van der Waals surface area contributed by atoms with Gasteiger partial charge in [-0.2, -0.15) is 0 Å². The normalized spacial score (nSPS) is 21.5. The van der Waals surface area contributed by atoms with E-state index in [4.69, 9.17) is 5.11 Å². The minimum Gasteiger partial charge on any atom is -0.480 e. The van der Waals surface area contributed by atoms with Crippen molar-refractivity contribution in [2.45, 2.75) is 25.8 Å². The summed E-state index contributed by atoms with van der Waals surface area (Å²) in [7, 11) is -3.14. The Balaban J connectivity index is 2.72. The van der Waals surface area contributed by atoms with Crippen LogP contribution in [0.5, 0.6) is 0 Å². The Labute approximate surface area is 106 Å². The Bertz CT molecular complexity index is 420. The molecule has 0 aromatic rings.